The van der Waals surface area contributed by atoms with Crippen molar-refractivity contribution in [1.82, 2.24) is 0 Å². The van der Waals surface area contributed by atoms with E-state index in [1.807, 2.05) is 13.0 Å². The van der Waals surface area contributed by atoms with Crippen molar-refractivity contribution in [1.29, 1.82) is 0 Å². The summed E-state index contributed by atoms with van der Waals surface area (Å²) < 4.78 is 6.31. The first-order valence-electron chi connectivity index (χ1n) is 3.68. The van der Waals surface area contributed by atoms with Crippen molar-refractivity contribution in [3.05, 3.63) is 17.0 Å². The van der Waals surface area contributed by atoms with Crippen LogP contribution in [0, 0.1) is 0 Å². The number of thiophene rings is 1. The first kappa shape index (κ1) is 9.10. The van der Waals surface area contributed by atoms with Gasteiger partial charge in [0.1, 0.15) is 0 Å². The van der Waals surface area contributed by atoms with E-state index in [2.05, 4.69) is 18.7 Å². The van der Waals surface area contributed by atoms with Crippen LogP contribution in [-0.4, -0.2) is 13.2 Å². The van der Waals surface area contributed by atoms with E-state index >= 15 is 0 Å². The zero-order valence-corrected chi connectivity index (χ0v) is 8.25. The van der Waals surface area contributed by atoms with Crippen LogP contribution in [0.1, 0.15) is 11.8 Å². The van der Waals surface area contributed by atoms with Crippen LogP contribution < -0.4 is 0 Å². The summed E-state index contributed by atoms with van der Waals surface area (Å²) >= 11 is 5.95. The topological polar surface area (TPSA) is 9.23 Å². The van der Waals surface area contributed by atoms with Crippen LogP contribution in [-0.2, 0) is 11.2 Å². The van der Waals surface area contributed by atoms with E-state index < -0.39 is 0 Å². The highest BCUT2D eigenvalue weighted by Gasteiger charge is 1.95. The maximum atomic E-state index is 5.23. The molecular formula is C8H12OS2. The Hall–Kier alpha value is 0.01000. The maximum Gasteiger partial charge on any atom is 0.0570 e. The third kappa shape index (κ3) is 3.27. The fourth-order valence-electron chi connectivity index (χ4n) is 0.818. The molecule has 0 bridgehead atoms. The minimum absolute atomic E-state index is 0.805. The molecule has 0 fully saturated rings. The molecule has 0 unspecified atom stereocenters. The minimum atomic E-state index is 0.805. The molecule has 1 aromatic rings. The van der Waals surface area contributed by atoms with E-state index in [1.54, 1.807) is 11.3 Å². The molecule has 0 amide bonds. The Labute approximate surface area is 76.8 Å². The first-order chi connectivity index (χ1) is 5.33. The summed E-state index contributed by atoms with van der Waals surface area (Å²) in [5.41, 5.74) is 0. The Balaban J connectivity index is 2.27. The van der Waals surface area contributed by atoms with Crippen LogP contribution in [0.25, 0.3) is 0 Å². The van der Waals surface area contributed by atoms with Crippen molar-refractivity contribution in [2.45, 2.75) is 17.6 Å². The van der Waals surface area contributed by atoms with Crippen molar-refractivity contribution < 1.29 is 4.74 Å². The van der Waals surface area contributed by atoms with Crippen molar-refractivity contribution in [3.63, 3.8) is 0 Å². The molecule has 1 nitrogen and oxygen atoms in total. The summed E-state index contributed by atoms with van der Waals surface area (Å²) in [7, 11) is 0. The fourth-order valence-corrected chi connectivity index (χ4v) is 1.97. The zero-order valence-electron chi connectivity index (χ0n) is 6.54. The summed E-state index contributed by atoms with van der Waals surface area (Å²) in [6.45, 7) is 3.64. The van der Waals surface area contributed by atoms with Gasteiger partial charge in [-0.1, -0.05) is 0 Å². The highest BCUT2D eigenvalue weighted by Crippen LogP contribution is 2.19. The molecule has 3 heteroatoms. The Morgan fingerprint density at radius 3 is 2.91 bits per heavy atom. The SMILES string of the molecule is CCOCCc1ccc(S)s1. The molecule has 0 aliphatic carbocycles. The third-order valence-corrected chi connectivity index (χ3v) is 2.71. The van der Waals surface area contributed by atoms with Crippen molar-refractivity contribution in [3.8, 4) is 0 Å². The number of thiol groups is 1. The van der Waals surface area contributed by atoms with Gasteiger partial charge in [-0.05, 0) is 19.1 Å². The van der Waals surface area contributed by atoms with E-state index in [0.717, 1.165) is 23.8 Å². The van der Waals surface area contributed by atoms with Gasteiger partial charge in [0, 0.05) is 17.9 Å². The van der Waals surface area contributed by atoms with Gasteiger partial charge in [0.05, 0.1) is 10.8 Å². The van der Waals surface area contributed by atoms with Crippen LogP contribution in [0.4, 0.5) is 0 Å². The molecule has 0 radical (unpaired) electrons. The summed E-state index contributed by atoms with van der Waals surface area (Å²) in [6, 6.07) is 4.13. The monoisotopic (exact) mass is 188 g/mol. The second-order valence-corrected chi connectivity index (χ2v) is 4.14. The molecule has 0 spiro atoms. The van der Waals surface area contributed by atoms with E-state index in [4.69, 9.17) is 4.74 Å². The van der Waals surface area contributed by atoms with Gasteiger partial charge in [-0.25, -0.2) is 0 Å². The second kappa shape index (κ2) is 4.80. The molecule has 0 saturated carbocycles. The molecule has 0 aliphatic heterocycles. The van der Waals surface area contributed by atoms with Gasteiger partial charge in [0.2, 0.25) is 0 Å². The highest BCUT2D eigenvalue weighted by molar-refractivity contribution is 7.82. The van der Waals surface area contributed by atoms with Gasteiger partial charge < -0.3 is 4.74 Å². The van der Waals surface area contributed by atoms with Gasteiger partial charge in [-0.15, -0.1) is 24.0 Å². The molecule has 0 saturated heterocycles. The normalized spacial score (nSPS) is 10.4. The lowest BCUT2D eigenvalue weighted by Gasteiger charge is -1.96. The Kier molecular flexibility index (Phi) is 3.97. The van der Waals surface area contributed by atoms with Crippen molar-refractivity contribution in [2.24, 2.45) is 0 Å². The molecule has 11 heavy (non-hydrogen) atoms. The number of hydrogen-bond acceptors (Lipinski definition) is 3. The van der Waals surface area contributed by atoms with Crippen molar-refractivity contribution >= 4 is 24.0 Å². The molecule has 0 atom stereocenters. The molecule has 0 N–H and O–H groups in total. The lowest BCUT2D eigenvalue weighted by Crippen LogP contribution is -1.95. The van der Waals surface area contributed by atoms with Crippen molar-refractivity contribution in [2.75, 3.05) is 13.2 Å². The maximum absolute atomic E-state index is 5.23. The standard InChI is InChI=1S/C8H12OS2/c1-2-9-6-5-7-3-4-8(10)11-7/h3-4,10H,2,5-6H2,1H3. The summed E-state index contributed by atoms with van der Waals surface area (Å²) in [5, 5.41) is 0. The number of hydrogen-bond donors (Lipinski definition) is 1. The number of rotatable bonds is 4. The fraction of sp³-hybridized carbons (Fsp3) is 0.500. The van der Waals surface area contributed by atoms with Gasteiger partial charge >= 0.3 is 0 Å². The van der Waals surface area contributed by atoms with E-state index in [9.17, 15) is 0 Å². The quantitative estimate of drug-likeness (QED) is 0.564. The van der Waals surface area contributed by atoms with Gasteiger partial charge in [0.25, 0.3) is 0 Å². The lowest BCUT2D eigenvalue weighted by molar-refractivity contribution is 0.151. The largest absolute Gasteiger partial charge is 0.381 e. The Morgan fingerprint density at radius 1 is 1.55 bits per heavy atom. The van der Waals surface area contributed by atoms with E-state index in [0.29, 0.717) is 0 Å². The Morgan fingerprint density at radius 2 is 2.36 bits per heavy atom. The average molecular weight is 188 g/mol. The molecule has 0 aliphatic rings. The molecular weight excluding hydrogens is 176 g/mol. The molecule has 1 rings (SSSR count). The predicted octanol–water partition coefficient (Wildman–Crippen LogP) is 2.62. The summed E-state index contributed by atoms with van der Waals surface area (Å²) in [6.07, 6.45) is 1.01. The molecule has 1 heterocycles. The minimum Gasteiger partial charge on any atom is -0.381 e. The summed E-state index contributed by atoms with van der Waals surface area (Å²) in [4.78, 5) is 1.35. The summed E-state index contributed by atoms with van der Waals surface area (Å²) in [5.74, 6) is 0. The zero-order chi connectivity index (χ0) is 8.10. The van der Waals surface area contributed by atoms with Crippen LogP contribution in [0.3, 0.4) is 0 Å². The lowest BCUT2D eigenvalue weighted by atomic mass is 10.4. The van der Waals surface area contributed by atoms with Crippen LogP contribution in [0.5, 0.6) is 0 Å². The smallest absolute Gasteiger partial charge is 0.0570 e. The van der Waals surface area contributed by atoms with Crippen LogP contribution in [0.2, 0.25) is 0 Å². The second-order valence-electron chi connectivity index (χ2n) is 2.19. The first-order valence-corrected chi connectivity index (χ1v) is 4.94. The van der Waals surface area contributed by atoms with E-state index in [-0.39, 0.29) is 0 Å². The van der Waals surface area contributed by atoms with Crippen LogP contribution >= 0.6 is 24.0 Å². The van der Waals surface area contributed by atoms with Crippen LogP contribution in [0.15, 0.2) is 16.3 Å². The predicted molar refractivity (Wildman–Crippen MR) is 51.8 cm³/mol. The average Bonchev–Trinajstić information content (AvgIpc) is 2.37. The molecule has 62 valence electrons. The Bertz CT molecular complexity index is 208. The van der Waals surface area contributed by atoms with Gasteiger partial charge in [0.15, 0.2) is 0 Å². The van der Waals surface area contributed by atoms with E-state index in [1.165, 1.54) is 4.88 Å². The number of ether oxygens (including phenoxy) is 1. The third-order valence-electron chi connectivity index (χ3n) is 1.34. The molecule has 0 aromatic carbocycles. The highest BCUT2D eigenvalue weighted by atomic mass is 32.2. The molecule has 1 aromatic heterocycles. The van der Waals surface area contributed by atoms with Gasteiger partial charge in [-0.3, -0.25) is 0 Å². The van der Waals surface area contributed by atoms with Gasteiger partial charge in [-0.2, -0.15) is 0 Å².